The van der Waals surface area contributed by atoms with E-state index in [1.54, 1.807) is 5.56 Å². The Morgan fingerprint density at radius 1 is 1.12 bits per heavy atom. The van der Waals surface area contributed by atoms with Crippen LogP contribution in [0, 0.1) is 5.92 Å². The molecule has 1 heterocycles. The lowest BCUT2D eigenvalue weighted by molar-refractivity contribution is 0.441. The number of para-hydroxylation sites is 1. The second-order valence-electron chi connectivity index (χ2n) is 5.49. The molecule has 2 rings (SSSR count). The minimum atomic E-state index is 0.606. The van der Waals surface area contributed by atoms with Gasteiger partial charge in [-0.3, -0.25) is 0 Å². The Hall–Kier alpha value is -0.980. The van der Waals surface area contributed by atoms with Gasteiger partial charge in [-0.25, -0.2) is 0 Å². The molecule has 0 aliphatic carbocycles. The van der Waals surface area contributed by atoms with Gasteiger partial charge >= 0.3 is 0 Å². The highest BCUT2D eigenvalue weighted by Crippen LogP contribution is 2.39. The van der Waals surface area contributed by atoms with E-state index in [-0.39, 0.29) is 0 Å². The van der Waals surface area contributed by atoms with Crippen LogP contribution in [0.4, 0.5) is 5.69 Å². The molecule has 1 aromatic rings. The van der Waals surface area contributed by atoms with Gasteiger partial charge in [-0.05, 0) is 43.7 Å². The Morgan fingerprint density at radius 2 is 1.81 bits per heavy atom. The summed E-state index contributed by atoms with van der Waals surface area (Å²) in [5.41, 5.74) is 3.01. The zero-order chi connectivity index (χ0) is 11.7. The molecule has 0 spiro atoms. The molecule has 0 bridgehead atoms. The summed E-state index contributed by atoms with van der Waals surface area (Å²) < 4.78 is 0. The molecule has 0 N–H and O–H groups in total. The Kier molecular flexibility index (Phi) is 3.22. The number of fused-ring (bicyclic) bond motifs is 1. The number of anilines is 1. The molecule has 1 unspecified atom stereocenters. The summed E-state index contributed by atoms with van der Waals surface area (Å²) >= 11 is 0. The first kappa shape index (κ1) is 11.5. The first-order valence-corrected chi connectivity index (χ1v) is 6.47. The van der Waals surface area contributed by atoms with Crippen LogP contribution in [0.5, 0.6) is 0 Å². The third-order valence-corrected chi connectivity index (χ3v) is 3.75. The maximum atomic E-state index is 2.54. The van der Waals surface area contributed by atoms with Gasteiger partial charge in [-0.2, -0.15) is 0 Å². The van der Waals surface area contributed by atoms with Crippen LogP contribution < -0.4 is 4.90 Å². The lowest BCUT2D eigenvalue weighted by Gasteiger charge is -2.39. The summed E-state index contributed by atoms with van der Waals surface area (Å²) in [4.78, 5) is 2.54. The molecular weight excluding hydrogens is 194 g/mol. The topological polar surface area (TPSA) is 3.24 Å². The summed E-state index contributed by atoms with van der Waals surface area (Å²) in [6, 6.07) is 9.54. The molecule has 1 aromatic carbocycles. The van der Waals surface area contributed by atoms with Crippen LogP contribution >= 0.6 is 0 Å². The molecule has 88 valence electrons. The molecule has 0 radical (unpaired) electrons. The van der Waals surface area contributed by atoms with E-state index in [2.05, 4.69) is 56.9 Å². The molecule has 0 saturated carbocycles. The van der Waals surface area contributed by atoms with Crippen LogP contribution in [-0.4, -0.2) is 12.6 Å². The summed E-state index contributed by atoms with van der Waals surface area (Å²) in [6.45, 7) is 10.5. The second-order valence-corrected chi connectivity index (χ2v) is 5.49. The van der Waals surface area contributed by atoms with E-state index < -0.39 is 0 Å². The molecule has 1 nitrogen and oxygen atoms in total. The Labute approximate surface area is 99.5 Å². The van der Waals surface area contributed by atoms with E-state index in [1.807, 2.05) is 0 Å². The average molecular weight is 217 g/mol. The number of benzene rings is 1. The van der Waals surface area contributed by atoms with Crippen molar-refractivity contribution in [3.05, 3.63) is 29.8 Å². The highest BCUT2D eigenvalue weighted by atomic mass is 15.2. The van der Waals surface area contributed by atoms with E-state index in [0.717, 1.165) is 11.8 Å². The van der Waals surface area contributed by atoms with Gasteiger partial charge in [-0.15, -0.1) is 0 Å². The van der Waals surface area contributed by atoms with E-state index >= 15 is 0 Å². The number of rotatable bonds is 2. The maximum Gasteiger partial charge on any atom is 0.0404 e. The second kappa shape index (κ2) is 4.48. The minimum absolute atomic E-state index is 0.606. The standard InChI is InChI=1S/C15H23N/c1-11(2)13-9-10-16(12(3)4)15-8-6-5-7-14(13)15/h5-8,11-13H,9-10H2,1-4H3. The van der Waals surface area contributed by atoms with Crippen molar-refractivity contribution in [3.8, 4) is 0 Å². The van der Waals surface area contributed by atoms with Crippen LogP contribution in [0.25, 0.3) is 0 Å². The van der Waals surface area contributed by atoms with Gasteiger partial charge in [0, 0.05) is 18.3 Å². The van der Waals surface area contributed by atoms with Gasteiger partial charge in [0.15, 0.2) is 0 Å². The van der Waals surface area contributed by atoms with E-state index in [0.29, 0.717) is 6.04 Å². The van der Waals surface area contributed by atoms with Crippen LogP contribution in [0.15, 0.2) is 24.3 Å². The van der Waals surface area contributed by atoms with Crippen molar-refractivity contribution in [2.45, 2.75) is 46.1 Å². The first-order valence-electron chi connectivity index (χ1n) is 6.47. The summed E-state index contributed by atoms with van der Waals surface area (Å²) in [5.74, 6) is 1.49. The molecule has 0 amide bonds. The molecule has 1 atom stereocenters. The van der Waals surface area contributed by atoms with Gasteiger partial charge < -0.3 is 4.90 Å². The van der Waals surface area contributed by atoms with Crippen molar-refractivity contribution < 1.29 is 0 Å². The minimum Gasteiger partial charge on any atom is -0.369 e. The van der Waals surface area contributed by atoms with E-state index in [9.17, 15) is 0 Å². The number of nitrogens with zero attached hydrogens (tertiary/aromatic N) is 1. The largest absolute Gasteiger partial charge is 0.369 e. The van der Waals surface area contributed by atoms with Crippen molar-refractivity contribution in [2.75, 3.05) is 11.4 Å². The Bertz CT molecular complexity index is 319. The molecule has 1 aliphatic rings. The third kappa shape index (κ3) is 1.95. The molecule has 1 aliphatic heterocycles. The Balaban J connectivity index is 2.40. The van der Waals surface area contributed by atoms with Crippen molar-refractivity contribution in [1.29, 1.82) is 0 Å². The zero-order valence-electron chi connectivity index (χ0n) is 10.9. The normalized spacial score (nSPS) is 20.4. The predicted octanol–water partition coefficient (Wildman–Crippen LogP) is 4.04. The van der Waals surface area contributed by atoms with E-state index in [1.165, 1.54) is 18.7 Å². The molecule has 16 heavy (non-hydrogen) atoms. The average Bonchev–Trinajstić information content (AvgIpc) is 2.27. The molecular formula is C15H23N. The van der Waals surface area contributed by atoms with Crippen LogP contribution in [0.1, 0.15) is 45.6 Å². The molecule has 0 aromatic heterocycles. The van der Waals surface area contributed by atoms with Crippen molar-refractivity contribution in [2.24, 2.45) is 5.92 Å². The van der Waals surface area contributed by atoms with Crippen molar-refractivity contribution in [1.82, 2.24) is 0 Å². The predicted molar refractivity (Wildman–Crippen MR) is 71.1 cm³/mol. The Morgan fingerprint density at radius 3 is 2.44 bits per heavy atom. The van der Waals surface area contributed by atoms with Crippen molar-refractivity contribution >= 4 is 5.69 Å². The monoisotopic (exact) mass is 217 g/mol. The summed E-state index contributed by atoms with van der Waals surface area (Å²) in [6.07, 6.45) is 1.30. The van der Waals surface area contributed by atoms with Gasteiger partial charge in [-0.1, -0.05) is 32.0 Å². The highest BCUT2D eigenvalue weighted by molar-refractivity contribution is 5.57. The molecule has 0 saturated heterocycles. The van der Waals surface area contributed by atoms with Crippen LogP contribution in [0.2, 0.25) is 0 Å². The van der Waals surface area contributed by atoms with Gasteiger partial charge in [0.25, 0.3) is 0 Å². The fourth-order valence-electron chi connectivity index (χ4n) is 2.85. The lowest BCUT2D eigenvalue weighted by Crippen LogP contribution is -2.37. The third-order valence-electron chi connectivity index (χ3n) is 3.75. The molecule has 0 fully saturated rings. The fourth-order valence-corrected chi connectivity index (χ4v) is 2.85. The van der Waals surface area contributed by atoms with Crippen molar-refractivity contribution in [3.63, 3.8) is 0 Å². The van der Waals surface area contributed by atoms with E-state index in [4.69, 9.17) is 0 Å². The molecule has 1 heteroatoms. The maximum absolute atomic E-state index is 2.54. The lowest BCUT2D eigenvalue weighted by atomic mass is 9.82. The smallest absolute Gasteiger partial charge is 0.0404 e. The number of hydrogen-bond acceptors (Lipinski definition) is 1. The fraction of sp³-hybridized carbons (Fsp3) is 0.600. The van der Waals surface area contributed by atoms with Gasteiger partial charge in [0.2, 0.25) is 0 Å². The highest BCUT2D eigenvalue weighted by Gasteiger charge is 2.27. The SMILES string of the molecule is CC(C)C1CCN(C(C)C)c2ccccc21. The zero-order valence-corrected chi connectivity index (χ0v) is 10.9. The van der Waals surface area contributed by atoms with Gasteiger partial charge in [0.05, 0.1) is 0 Å². The quantitative estimate of drug-likeness (QED) is 0.722. The summed E-state index contributed by atoms with van der Waals surface area (Å²) in [7, 11) is 0. The van der Waals surface area contributed by atoms with Crippen LogP contribution in [-0.2, 0) is 0 Å². The first-order chi connectivity index (χ1) is 7.61. The van der Waals surface area contributed by atoms with Gasteiger partial charge in [0.1, 0.15) is 0 Å². The number of hydrogen-bond donors (Lipinski definition) is 0. The summed E-state index contributed by atoms with van der Waals surface area (Å²) in [5, 5.41) is 0. The van der Waals surface area contributed by atoms with Crippen LogP contribution in [0.3, 0.4) is 0 Å².